The first-order chi connectivity index (χ1) is 9.11. The Labute approximate surface area is 117 Å². The first-order valence-electron chi connectivity index (χ1n) is 7.53. The highest BCUT2D eigenvalue weighted by atomic mass is 15.2. The molecular weight excluding hydrogens is 234 g/mol. The minimum atomic E-state index is 0.548. The van der Waals surface area contributed by atoms with E-state index in [4.69, 9.17) is 0 Å². The van der Waals surface area contributed by atoms with Gasteiger partial charge in [0, 0.05) is 31.9 Å². The molecule has 1 fully saturated rings. The zero-order valence-corrected chi connectivity index (χ0v) is 12.7. The van der Waals surface area contributed by atoms with Crippen LogP contribution >= 0.6 is 0 Å². The van der Waals surface area contributed by atoms with Crippen LogP contribution in [0.5, 0.6) is 0 Å². The molecule has 19 heavy (non-hydrogen) atoms. The molecule has 2 rings (SSSR count). The molecule has 1 aliphatic rings. The molecule has 3 nitrogen and oxygen atoms in total. The Hall–Kier alpha value is -1.09. The molecule has 1 heterocycles. The van der Waals surface area contributed by atoms with Gasteiger partial charge >= 0.3 is 0 Å². The van der Waals surface area contributed by atoms with Gasteiger partial charge in [0.1, 0.15) is 5.82 Å². The average molecular weight is 261 g/mol. The van der Waals surface area contributed by atoms with Gasteiger partial charge in [-0.15, -0.1) is 0 Å². The number of rotatable bonds is 7. The number of hydrogen-bond acceptors (Lipinski definition) is 3. The monoisotopic (exact) mass is 261 g/mol. The second kappa shape index (κ2) is 6.38. The molecule has 1 aliphatic carbocycles. The molecule has 0 spiro atoms. The summed E-state index contributed by atoms with van der Waals surface area (Å²) in [6.45, 7) is 7.62. The molecule has 0 amide bonds. The van der Waals surface area contributed by atoms with Crippen LogP contribution in [0, 0.1) is 6.92 Å². The van der Waals surface area contributed by atoms with E-state index in [0.29, 0.717) is 6.04 Å². The molecule has 3 heteroatoms. The number of anilines is 1. The van der Waals surface area contributed by atoms with Crippen molar-refractivity contribution in [3.05, 3.63) is 23.4 Å². The van der Waals surface area contributed by atoms with Crippen molar-refractivity contribution in [3.63, 3.8) is 0 Å². The minimum absolute atomic E-state index is 0.548. The highest BCUT2D eigenvalue weighted by Crippen LogP contribution is 2.22. The summed E-state index contributed by atoms with van der Waals surface area (Å²) in [6, 6.07) is 3.58. The molecule has 106 valence electrons. The standard InChI is InChI=1S/C16H27N3/c1-5-6-13(3)19(4)16-12(2)9-14(11-18-16)10-17-15-7-8-15/h9,11,13,15,17H,5-8,10H2,1-4H3. The lowest BCUT2D eigenvalue weighted by Crippen LogP contribution is -2.30. The molecule has 1 N–H and O–H groups in total. The van der Waals surface area contributed by atoms with E-state index < -0.39 is 0 Å². The van der Waals surface area contributed by atoms with Crippen LogP contribution in [-0.4, -0.2) is 24.1 Å². The van der Waals surface area contributed by atoms with Gasteiger partial charge in [-0.25, -0.2) is 4.98 Å². The van der Waals surface area contributed by atoms with Crippen LogP contribution in [-0.2, 0) is 6.54 Å². The van der Waals surface area contributed by atoms with Crippen LogP contribution in [0.3, 0.4) is 0 Å². The molecule has 1 saturated carbocycles. The third-order valence-corrected chi connectivity index (χ3v) is 3.98. The second-order valence-corrected chi connectivity index (χ2v) is 5.89. The van der Waals surface area contributed by atoms with Gasteiger partial charge in [-0.2, -0.15) is 0 Å². The van der Waals surface area contributed by atoms with Crippen molar-refractivity contribution in [3.8, 4) is 0 Å². The number of nitrogens with zero attached hydrogens (tertiary/aromatic N) is 2. The van der Waals surface area contributed by atoms with E-state index in [2.05, 4.69) is 49.1 Å². The maximum Gasteiger partial charge on any atom is 0.131 e. The second-order valence-electron chi connectivity index (χ2n) is 5.89. The third-order valence-electron chi connectivity index (χ3n) is 3.98. The van der Waals surface area contributed by atoms with Gasteiger partial charge in [-0.3, -0.25) is 0 Å². The van der Waals surface area contributed by atoms with Crippen LogP contribution in [0.2, 0.25) is 0 Å². The lowest BCUT2D eigenvalue weighted by atomic mass is 10.1. The molecule has 0 aromatic carbocycles. The fourth-order valence-corrected chi connectivity index (χ4v) is 2.46. The quantitative estimate of drug-likeness (QED) is 0.816. The summed E-state index contributed by atoms with van der Waals surface area (Å²) in [5.74, 6) is 1.12. The summed E-state index contributed by atoms with van der Waals surface area (Å²) >= 11 is 0. The average Bonchev–Trinajstić information content (AvgIpc) is 3.20. The number of aromatic nitrogens is 1. The summed E-state index contributed by atoms with van der Waals surface area (Å²) in [5, 5.41) is 3.54. The number of pyridine rings is 1. The summed E-state index contributed by atoms with van der Waals surface area (Å²) in [6.07, 6.45) is 7.12. The molecule has 1 aromatic rings. The maximum absolute atomic E-state index is 4.67. The van der Waals surface area contributed by atoms with E-state index in [1.165, 1.54) is 36.8 Å². The van der Waals surface area contributed by atoms with Gasteiger partial charge in [0.2, 0.25) is 0 Å². The highest BCUT2D eigenvalue weighted by Gasteiger charge is 2.20. The van der Waals surface area contributed by atoms with Crippen LogP contribution in [0.1, 0.15) is 50.7 Å². The van der Waals surface area contributed by atoms with Gasteiger partial charge in [0.15, 0.2) is 0 Å². The van der Waals surface area contributed by atoms with E-state index in [1.807, 2.05) is 6.20 Å². The normalized spacial score (nSPS) is 16.4. The van der Waals surface area contributed by atoms with Crippen molar-refractivity contribution in [2.24, 2.45) is 0 Å². The van der Waals surface area contributed by atoms with Gasteiger partial charge in [0.05, 0.1) is 0 Å². The Morgan fingerprint density at radius 3 is 2.79 bits per heavy atom. The van der Waals surface area contributed by atoms with Crippen LogP contribution in [0.4, 0.5) is 5.82 Å². The Kier molecular flexibility index (Phi) is 4.81. The molecule has 0 bridgehead atoms. The Balaban J connectivity index is 2.00. The smallest absolute Gasteiger partial charge is 0.131 e. The summed E-state index contributed by atoms with van der Waals surface area (Å²) in [5.41, 5.74) is 2.57. The van der Waals surface area contributed by atoms with E-state index in [9.17, 15) is 0 Å². The van der Waals surface area contributed by atoms with Crippen molar-refractivity contribution in [2.75, 3.05) is 11.9 Å². The third kappa shape index (κ3) is 3.93. The zero-order valence-electron chi connectivity index (χ0n) is 12.7. The number of hydrogen-bond donors (Lipinski definition) is 1. The van der Waals surface area contributed by atoms with Crippen molar-refractivity contribution in [2.45, 2.75) is 65.1 Å². The lowest BCUT2D eigenvalue weighted by molar-refractivity contribution is 0.609. The van der Waals surface area contributed by atoms with E-state index in [0.717, 1.165) is 18.4 Å². The fourth-order valence-electron chi connectivity index (χ4n) is 2.46. The molecular formula is C16H27N3. The molecule has 1 atom stereocenters. The highest BCUT2D eigenvalue weighted by molar-refractivity contribution is 5.47. The molecule has 0 radical (unpaired) electrons. The molecule has 0 saturated heterocycles. The van der Waals surface area contributed by atoms with E-state index in [1.54, 1.807) is 0 Å². The largest absolute Gasteiger partial charge is 0.357 e. The predicted molar refractivity (Wildman–Crippen MR) is 81.6 cm³/mol. The minimum Gasteiger partial charge on any atom is -0.357 e. The predicted octanol–water partition coefficient (Wildman–Crippen LogP) is 3.27. The Morgan fingerprint density at radius 2 is 2.21 bits per heavy atom. The number of aryl methyl sites for hydroxylation is 1. The summed E-state index contributed by atoms with van der Waals surface area (Å²) in [4.78, 5) is 6.97. The van der Waals surface area contributed by atoms with Crippen molar-refractivity contribution < 1.29 is 0 Å². The Bertz CT molecular complexity index is 412. The van der Waals surface area contributed by atoms with Crippen LogP contribution in [0.15, 0.2) is 12.3 Å². The topological polar surface area (TPSA) is 28.2 Å². The van der Waals surface area contributed by atoms with E-state index >= 15 is 0 Å². The fraction of sp³-hybridized carbons (Fsp3) is 0.688. The molecule has 0 aliphatic heterocycles. The lowest BCUT2D eigenvalue weighted by Gasteiger charge is -2.27. The van der Waals surface area contributed by atoms with Gasteiger partial charge in [0.25, 0.3) is 0 Å². The van der Waals surface area contributed by atoms with Gasteiger partial charge < -0.3 is 10.2 Å². The molecule has 1 unspecified atom stereocenters. The molecule has 1 aromatic heterocycles. The van der Waals surface area contributed by atoms with Crippen molar-refractivity contribution in [1.82, 2.24) is 10.3 Å². The first kappa shape index (κ1) is 14.3. The van der Waals surface area contributed by atoms with Crippen molar-refractivity contribution in [1.29, 1.82) is 0 Å². The summed E-state index contributed by atoms with van der Waals surface area (Å²) < 4.78 is 0. The van der Waals surface area contributed by atoms with Gasteiger partial charge in [-0.05, 0) is 50.3 Å². The van der Waals surface area contributed by atoms with Crippen LogP contribution in [0.25, 0.3) is 0 Å². The number of nitrogens with one attached hydrogen (secondary N) is 1. The zero-order chi connectivity index (χ0) is 13.8. The summed E-state index contributed by atoms with van der Waals surface area (Å²) in [7, 11) is 2.15. The maximum atomic E-state index is 4.67. The van der Waals surface area contributed by atoms with Crippen molar-refractivity contribution >= 4 is 5.82 Å². The Morgan fingerprint density at radius 1 is 1.47 bits per heavy atom. The SMILES string of the molecule is CCCC(C)N(C)c1ncc(CNC2CC2)cc1C. The van der Waals surface area contributed by atoms with Crippen LogP contribution < -0.4 is 10.2 Å². The van der Waals surface area contributed by atoms with Gasteiger partial charge in [-0.1, -0.05) is 13.3 Å². The van der Waals surface area contributed by atoms with E-state index in [-0.39, 0.29) is 0 Å². The first-order valence-corrected chi connectivity index (χ1v) is 7.53.